The van der Waals surface area contributed by atoms with Crippen LogP contribution < -0.4 is 5.32 Å². The number of hydrogen-bond donors (Lipinski definition) is 1. The van der Waals surface area contributed by atoms with Crippen molar-refractivity contribution in [1.82, 2.24) is 4.31 Å². The van der Waals surface area contributed by atoms with Gasteiger partial charge in [-0.2, -0.15) is 0 Å². The average Bonchev–Trinajstić information content (AvgIpc) is 2.93. The molecule has 6 nitrogen and oxygen atoms in total. The molecule has 0 bridgehead atoms. The topological polar surface area (TPSA) is 79.6 Å². The standard InChI is InChI=1S/C18H17ClN2O4S/c1-11-14-8-5-9-15(19)17(14)25-16(11)18(22)20-12-6-4-7-13(10-12)26(23,24)21(2)3/h4-10H,1-3H3,(H,20,22). The molecular weight excluding hydrogens is 376 g/mol. The molecule has 26 heavy (non-hydrogen) atoms. The molecule has 1 amide bonds. The van der Waals surface area contributed by atoms with Gasteiger partial charge in [0.2, 0.25) is 10.0 Å². The fourth-order valence-corrected chi connectivity index (χ4v) is 3.72. The maximum Gasteiger partial charge on any atom is 0.291 e. The zero-order chi connectivity index (χ0) is 19.1. The van der Waals surface area contributed by atoms with E-state index in [0.29, 0.717) is 21.9 Å². The molecule has 3 rings (SSSR count). The fourth-order valence-electron chi connectivity index (χ4n) is 2.56. The van der Waals surface area contributed by atoms with Crippen molar-refractivity contribution in [3.63, 3.8) is 0 Å². The van der Waals surface area contributed by atoms with Gasteiger partial charge in [0.05, 0.1) is 9.92 Å². The lowest BCUT2D eigenvalue weighted by atomic mass is 10.1. The van der Waals surface area contributed by atoms with Crippen LogP contribution in [0.3, 0.4) is 0 Å². The smallest absolute Gasteiger partial charge is 0.291 e. The second-order valence-electron chi connectivity index (χ2n) is 5.94. The number of para-hydroxylation sites is 1. The van der Waals surface area contributed by atoms with Gasteiger partial charge in [-0.05, 0) is 31.2 Å². The van der Waals surface area contributed by atoms with Crippen molar-refractivity contribution in [2.24, 2.45) is 0 Å². The molecule has 1 N–H and O–H groups in total. The van der Waals surface area contributed by atoms with Crippen LogP contribution in [-0.4, -0.2) is 32.7 Å². The highest BCUT2D eigenvalue weighted by Gasteiger charge is 2.21. The van der Waals surface area contributed by atoms with E-state index in [4.69, 9.17) is 16.0 Å². The van der Waals surface area contributed by atoms with E-state index in [1.54, 1.807) is 31.2 Å². The number of fused-ring (bicyclic) bond motifs is 1. The zero-order valence-corrected chi connectivity index (χ0v) is 16.0. The molecule has 1 heterocycles. The van der Waals surface area contributed by atoms with Crippen LogP contribution in [0.25, 0.3) is 11.0 Å². The molecule has 2 aromatic carbocycles. The fraction of sp³-hybridized carbons (Fsp3) is 0.167. The monoisotopic (exact) mass is 392 g/mol. The molecule has 0 radical (unpaired) electrons. The second kappa shape index (κ2) is 6.75. The largest absolute Gasteiger partial charge is 0.449 e. The molecule has 0 aliphatic heterocycles. The second-order valence-corrected chi connectivity index (χ2v) is 8.50. The number of carbonyl (C=O) groups excluding carboxylic acids is 1. The van der Waals surface area contributed by atoms with Crippen LogP contribution in [0.15, 0.2) is 51.8 Å². The van der Waals surface area contributed by atoms with Crippen LogP contribution in [0.2, 0.25) is 5.02 Å². The van der Waals surface area contributed by atoms with Gasteiger partial charge < -0.3 is 9.73 Å². The lowest BCUT2D eigenvalue weighted by molar-refractivity contribution is 0.0998. The van der Waals surface area contributed by atoms with E-state index >= 15 is 0 Å². The summed E-state index contributed by atoms with van der Waals surface area (Å²) < 4.78 is 31.2. The van der Waals surface area contributed by atoms with Gasteiger partial charge in [0, 0.05) is 30.7 Å². The van der Waals surface area contributed by atoms with Crippen molar-refractivity contribution in [1.29, 1.82) is 0 Å². The van der Waals surface area contributed by atoms with E-state index in [1.807, 2.05) is 6.07 Å². The van der Waals surface area contributed by atoms with Gasteiger partial charge in [-0.1, -0.05) is 29.8 Å². The summed E-state index contributed by atoms with van der Waals surface area (Å²) in [4.78, 5) is 12.7. The van der Waals surface area contributed by atoms with Gasteiger partial charge in [0.25, 0.3) is 5.91 Å². The summed E-state index contributed by atoms with van der Waals surface area (Å²) in [5, 5.41) is 3.85. The number of nitrogens with one attached hydrogen (secondary N) is 1. The molecule has 0 fully saturated rings. The highest BCUT2D eigenvalue weighted by atomic mass is 35.5. The number of amides is 1. The number of halogens is 1. The summed E-state index contributed by atoms with van der Waals surface area (Å²) >= 11 is 6.11. The first-order valence-electron chi connectivity index (χ1n) is 7.73. The van der Waals surface area contributed by atoms with Crippen LogP contribution >= 0.6 is 11.6 Å². The molecule has 0 atom stereocenters. The molecular formula is C18H17ClN2O4S. The molecule has 0 saturated heterocycles. The zero-order valence-electron chi connectivity index (χ0n) is 14.4. The van der Waals surface area contributed by atoms with E-state index in [-0.39, 0.29) is 10.7 Å². The summed E-state index contributed by atoms with van der Waals surface area (Å²) in [5.41, 5.74) is 1.46. The molecule has 0 aliphatic carbocycles. The Morgan fingerprint density at radius 1 is 1.15 bits per heavy atom. The van der Waals surface area contributed by atoms with E-state index in [9.17, 15) is 13.2 Å². The predicted octanol–water partition coefficient (Wildman–Crippen LogP) is 3.90. The Balaban J connectivity index is 1.94. The van der Waals surface area contributed by atoms with Gasteiger partial charge in [-0.3, -0.25) is 4.79 Å². The number of rotatable bonds is 4. The Kier molecular flexibility index (Phi) is 4.79. The van der Waals surface area contributed by atoms with Gasteiger partial charge in [0.15, 0.2) is 11.3 Å². The predicted molar refractivity (Wildman–Crippen MR) is 101 cm³/mol. The summed E-state index contributed by atoms with van der Waals surface area (Å²) in [5.74, 6) is -0.344. The lowest BCUT2D eigenvalue weighted by Gasteiger charge is -2.12. The van der Waals surface area contributed by atoms with Gasteiger partial charge in [-0.15, -0.1) is 0 Å². The number of hydrogen-bond acceptors (Lipinski definition) is 4. The number of nitrogens with zero attached hydrogens (tertiary/aromatic N) is 1. The SMILES string of the molecule is Cc1c(C(=O)Nc2cccc(S(=O)(=O)N(C)C)c2)oc2c(Cl)cccc12. The van der Waals surface area contributed by atoms with Gasteiger partial charge >= 0.3 is 0 Å². The van der Waals surface area contributed by atoms with Crippen LogP contribution in [0.5, 0.6) is 0 Å². The molecule has 1 aromatic heterocycles. The highest BCUT2D eigenvalue weighted by molar-refractivity contribution is 7.89. The molecule has 136 valence electrons. The Labute approximate surface area is 156 Å². The number of benzene rings is 2. The normalized spacial score (nSPS) is 11.9. The summed E-state index contributed by atoms with van der Waals surface area (Å²) in [6.07, 6.45) is 0. The minimum atomic E-state index is -3.59. The van der Waals surface area contributed by atoms with Crippen molar-refractivity contribution < 1.29 is 17.6 Å². The summed E-state index contributed by atoms with van der Waals surface area (Å²) in [7, 11) is -0.700. The quantitative estimate of drug-likeness (QED) is 0.730. The molecule has 0 unspecified atom stereocenters. The average molecular weight is 393 g/mol. The van der Waals surface area contributed by atoms with Crippen LogP contribution in [-0.2, 0) is 10.0 Å². The van der Waals surface area contributed by atoms with E-state index in [1.165, 1.54) is 26.2 Å². The van der Waals surface area contributed by atoms with Gasteiger partial charge in [-0.25, -0.2) is 12.7 Å². The first-order valence-corrected chi connectivity index (χ1v) is 9.55. The number of anilines is 1. The minimum absolute atomic E-state index is 0.0877. The molecule has 8 heteroatoms. The maximum absolute atomic E-state index is 12.6. The minimum Gasteiger partial charge on any atom is -0.449 e. The third-order valence-corrected chi connectivity index (χ3v) is 6.10. The van der Waals surface area contributed by atoms with E-state index in [2.05, 4.69) is 5.32 Å². The van der Waals surface area contributed by atoms with Crippen LogP contribution in [0.4, 0.5) is 5.69 Å². The van der Waals surface area contributed by atoms with Crippen molar-refractivity contribution in [3.05, 3.63) is 58.8 Å². The maximum atomic E-state index is 12.6. The Hall–Kier alpha value is -2.35. The first-order chi connectivity index (χ1) is 12.2. The Morgan fingerprint density at radius 3 is 2.50 bits per heavy atom. The summed E-state index contributed by atoms with van der Waals surface area (Å²) in [6, 6.07) is 11.3. The summed E-state index contributed by atoms with van der Waals surface area (Å²) in [6.45, 7) is 1.77. The first kappa shape index (κ1) is 18.4. The van der Waals surface area contributed by atoms with Gasteiger partial charge in [0.1, 0.15) is 0 Å². The number of sulfonamides is 1. The van der Waals surface area contributed by atoms with Crippen molar-refractivity contribution in [2.75, 3.05) is 19.4 Å². The number of aryl methyl sites for hydroxylation is 1. The van der Waals surface area contributed by atoms with Crippen LogP contribution in [0.1, 0.15) is 16.1 Å². The molecule has 3 aromatic rings. The van der Waals surface area contributed by atoms with Crippen molar-refractivity contribution in [3.8, 4) is 0 Å². The highest BCUT2D eigenvalue weighted by Crippen LogP contribution is 2.31. The Morgan fingerprint density at radius 2 is 1.85 bits per heavy atom. The molecule has 0 spiro atoms. The number of furan rings is 1. The third kappa shape index (κ3) is 3.21. The lowest BCUT2D eigenvalue weighted by Crippen LogP contribution is -2.22. The third-order valence-electron chi connectivity index (χ3n) is 3.99. The Bertz CT molecular complexity index is 1100. The van der Waals surface area contributed by atoms with Crippen LogP contribution in [0, 0.1) is 6.92 Å². The van der Waals surface area contributed by atoms with E-state index in [0.717, 1.165) is 9.69 Å². The number of carbonyl (C=O) groups is 1. The van der Waals surface area contributed by atoms with E-state index < -0.39 is 15.9 Å². The van der Waals surface area contributed by atoms with Crippen molar-refractivity contribution in [2.45, 2.75) is 11.8 Å². The molecule has 0 saturated carbocycles. The van der Waals surface area contributed by atoms with Crippen molar-refractivity contribution >= 4 is 44.2 Å². The molecule has 0 aliphatic rings.